The summed E-state index contributed by atoms with van der Waals surface area (Å²) in [5.74, 6) is -0.0679. The van der Waals surface area contributed by atoms with Crippen molar-refractivity contribution in [3.63, 3.8) is 0 Å². The van der Waals surface area contributed by atoms with Crippen LogP contribution in [0.15, 0.2) is 53.0 Å². The zero-order chi connectivity index (χ0) is 24.4. The van der Waals surface area contributed by atoms with Gasteiger partial charge in [0, 0.05) is 22.2 Å². The van der Waals surface area contributed by atoms with E-state index in [1.807, 2.05) is 0 Å². The van der Waals surface area contributed by atoms with Crippen molar-refractivity contribution < 1.29 is 23.2 Å². The lowest BCUT2D eigenvalue weighted by molar-refractivity contribution is -0.140. The molecule has 0 aliphatic heterocycles. The number of hydrogen-bond acceptors (Lipinski definition) is 5. The number of nitrogens with zero attached hydrogens (tertiary/aromatic N) is 2. The summed E-state index contributed by atoms with van der Waals surface area (Å²) in [4.78, 5) is 16.2. The highest BCUT2D eigenvalue weighted by atomic mass is 35.5. The Hall–Kier alpha value is -3.31. The molecule has 33 heavy (non-hydrogen) atoms. The van der Waals surface area contributed by atoms with Gasteiger partial charge < -0.3 is 21.6 Å². The molecule has 0 saturated heterocycles. The average Bonchev–Trinajstić information content (AvgIpc) is 3.25. The summed E-state index contributed by atoms with van der Waals surface area (Å²) in [6.45, 7) is 3.53. The van der Waals surface area contributed by atoms with Gasteiger partial charge in [0.25, 0.3) is 0 Å². The molecular weight excluding hydrogens is 479 g/mol. The van der Waals surface area contributed by atoms with Crippen LogP contribution in [-0.4, -0.2) is 22.1 Å². The van der Waals surface area contributed by atoms with Gasteiger partial charge in [-0.1, -0.05) is 35.0 Å². The van der Waals surface area contributed by atoms with Gasteiger partial charge >= 0.3 is 12.2 Å². The number of nitrogens with two attached hydrogens (primary N) is 1. The highest BCUT2D eigenvalue weighted by Crippen LogP contribution is 2.37. The first-order chi connectivity index (χ1) is 15.4. The second-order valence-corrected chi connectivity index (χ2v) is 8.77. The monoisotopic (exact) mass is 497 g/mol. The van der Waals surface area contributed by atoms with E-state index in [0.29, 0.717) is 16.8 Å². The van der Waals surface area contributed by atoms with Crippen LogP contribution >= 0.6 is 22.9 Å². The highest BCUT2D eigenvalue weighted by Gasteiger charge is 2.34. The minimum atomic E-state index is -4.56. The molecular formula is C21H19ClF3N5O2S. The highest BCUT2D eigenvalue weighted by molar-refractivity contribution is 7.13. The van der Waals surface area contributed by atoms with Gasteiger partial charge in [-0.25, -0.2) is 9.78 Å². The lowest BCUT2D eigenvalue weighted by Crippen LogP contribution is -2.43. The van der Waals surface area contributed by atoms with Gasteiger partial charge in [-0.05, 0) is 43.7 Å². The summed E-state index contributed by atoms with van der Waals surface area (Å²) in [5.41, 5.74) is 5.54. The van der Waals surface area contributed by atoms with Crippen molar-refractivity contribution in [1.82, 2.24) is 10.3 Å². The number of hydrogen-bond donors (Lipinski definition) is 4. The molecule has 1 heterocycles. The Balaban J connectivity index is 1.78. The largest absolute Gasteiger partial charge is 0.434 e. The van der Waals surface area contributed by atoms with Crippen LogP contribution in [0.2, 0.25) is 5.02 Å². The molecule has 3 rings (SSSR count). The number of alkyl halides is 3. The second-order valence-electron chi connectivity index (χ2n) is 7.50. The van der Waals surface area contributed by atoms with E-state index in [2.05, 4.69) is 20.8 Å². The molecule has 5 N–H and O–H groups in total. The Morgan fingerprint density at radius 1 is 1.21 bits per heavy atom. The topological polar surface area (TPSA) is 113 Å². The SMILES string of the molecule is CC(C)(NC(=O)Nc1ccc(Cl)c(-c2nc(C(F)(F)F)cs2)c1)c1cccc(/C(N)=N/O)c1. The van der Waals surface area contributed by atoms with Crippen LogP contribution < -0.4 is 16.4 Å². The number of oxime groups is 1. The number of carbonyl (C=O) groups is 1. The molecule has 0 bridgehead atoms. The first-order valence-electron chi connectivity index (χ1n) is 9.41. The number of carbonyl (C=O) groups excluding carboxylic acids is 1. The van der Waals surface area contributed by atoms with E-state index in [-0.39, 0.29) is 21.4 Å². The molecule has 3 aromatic rings. The van der Waals surface area contributed by atoms with Crippen molar-refractivity contribution >= 4 is 40.5 Å². The molecule has 12 heteroatoms. The van der Waals surface area contributed by atoms with Gasteiger partial charge in [-0.3, -0.25) is 0 Å². The van der Waals surface area contributed by atoms with Crippen LogP contribution in [0, 0.1) is 0 Å². The number of anilines is 1. The first-order valence-corrected chi connectivity index (χ1v) is 10.7. The van der Waals surface area contributed by atoms with Crippen LogP contribution in [0.3, 0.4) is 0 Å². The third-order valence-electron chi connectivity index (χ3n) is 4.66. The van der Waals surface area contributed by atoms with Crippen molar-refractivity contribution in [3.8, 4) is 10.6 Å². The van der Waals surface area contributed by atoms with Gasteiger partial charge in [0.05, 0.1) is 10.6 Å². The molecule has 2 aromatic carbocycles. The minimum absolute atomic E-state index is 0.0679. The van der Waals surface area contributed by atoms with Gasteiger partial charge in [-0.15, -0.1) is 11.3 Å². The molecule has 0 unspecified atom stereocenters. The van der Waals surface area contributed by atoms with Crippen LogP contribution in [0.1, 0.15) is 30.7 Å². The Bertz CT molecular complexity index is 1210. The van der Waals surface area contributed by atoms with E-state index in [0.717, 1.165) is 16.7 Å². The van der Waals surface area contributed by atoms with Gasteiger partial charge in [-0.2, -0.15) is 13.2 Å². The quantitative estimate of drug-likeness (QED) is 0.158. The van der Waals surface area contributed by atoms with Crippen LogP contribution in [0.25, 0.3) is 10.6 Å². The number of amides is 2. The smallest absolute Gasteiger partial charge is 0.409 e. The molecule has 2 amide bonds. The molecule has 0 aliphatic carbocycles. The van der Waals surface area contributed by atoms with E-state index in [4.69, 9.17) is 22.5 Å². The number of aromatic nitrogens is 1. The first kappa shape index (κ1) is 24.3. The van der Waals surface area contributed by atoms with Crippen molar-refractivity contribution in [3.05, 3.63) is 69.7 Å². The molecule has 0 radical (unpaired) electrons. The maximum absolute atomic E-state index is 12.9. The molecule has 0 atom stereocenters. The molecule has 0 fully saturated rings. The number of halogens is 4. The maximum atomic E-state index is 12.9. The lowest BCUT2D eigenvalue weighted by atomic mass is 9.93. The molecule has 174 valence electrons. The summed E-state index contributed by atoms with van der Waals surface area (Å²) in [6, 6.07) is 10.7. The van der Waals surface area contributed by atoms with Crippen molar-refractivity contribution in [2.75, 3.05) is 5.32 Å². The third-order valence-corrected chi connectivity index (χ3v) is 5.87. The zero-order valence-corrected chi connectivity index (χ0v) is 18.9. The zero-order valence-electron chi connectivity index (χ0n) is 17.4. The minimum Gasteiger partial charge on any atom is -0.409 e. The van der Waals surface area contributed by atoms with Crippen molar-refractivity contribution in [2.24, 2.45) is 10.9 Å². The summed E-state index contributed by atoms with van der Waals surface area (Å²) in [7, 11) is 0. The summed E-state index contributed by atoms with van der Waals surface area (Å²) >= 11 is 6.95. The molecule has 0 spiro atoms. The third kappa shape index (κ3) is 5.74. The Labute approximate surface area is 196 Å². The molecule has 1 aromatic heterocycles. The normalized spacial score (nSPS) is 12.5. The van der Waals surface area contributed by atoms with Gasteiger partial charge in [0.2, 0.25) is 0 Å². The second kappa shape index (κ2) is 9.28. The standard InChI is InChI=1S/C21H19ClF3N5O2S/c1-20(2,12-5-3-4-11(8-12)17(26)30-32)29-19(31)27-13-6-7-15(22)14(9-13)18-28-16(10-33-18)21(23,24)25/h3-10,32H,1-2H3,(H2,26,30)(H2,27,29,31). The van der Waals surface area contributed by atoms with Crippen LogP contribution in [-0.2, 0) is 11.7 Å². The fourth-order valence-electron chi connectivity index (χ4n) is 2.94. The summed E-state index contributed by atoms with van der Waals surface area (Å²) in [6.07, 6.45) is -4.56. The number of rotatable bonds is 5. The van der Waals surface area contributed by atoms with Gasteiger partial charge in [0.1, 0.15) is 5.01 Å². The summed E-state index contributed by atoms with van der Waals surface area (Å²) in [5, 5.41) is 18.5. The fraction of sp³-hybridized carbons (Fsp3) is 0.190. The molecule has 0 saturated carbocycles. The number of amidine groups is 1. The number of thiazole rings is 1. The fourth-order valence-corrected chi connectivity index (χ4v) is 4.06. The number of benzene rings is 2. The predicted octanol–water partition coefficient (Wildman–Crippen LogP) is 5.63. The predicted molar refractivity (Wildman–Crippen MR) is 122 cm³/mol. The lowest BCUT2D eigenvalue weighted by Gasteiger charge is -2.27. The Morgan fingerprint density at radius 2 is 1.94 bits per heavy atom. The van der Waals surface area contributed by atoms with Crippen molar-refractivity contribution in [1.29, 1.82) is 0 Å². The van der Waals surface area contributed by atoms with E-state index in [1.165, 1.54) is 18.2 Å². The number of urea groups is 1. The number of nitrogens with one attached hydrogen (secondary N) is 2. The molecule has 0 aliphatic rings. The van der Waals surface area contributed by atoms with E-state index >= 15 is 0 Å². The van der Waals surface area contributed by atoms with Gasteiger partial charge in [0.15, 0.2) is 11.5 Å². The van der Waals surface area contributed by atoms with E-state index in [9.17, 15) is 18.0 Å². The average molecular weight is 498 g/mol. The van der Waals surface area contributed by atoms with E-state index < -0.39 is 23.4 Å². The van der Waals surface area contributed by atoms with Crippen LogP contribution in [0.4, 0.5) is 23.7 Å². The van der Waals surface area contributed by atoms with E-state index in [1.54, 1.807) is 38.1 Å². The summed E-state index contributed by atoms with van der Waals surface area (Å²) < 4.78 is 38.6. The maximum Gasteiger partial charge on any atom is 0.434 e. The van der Waals surface area contributed by atoms with Crippen LogP contribution in [0.5, 0.6) is 0 Å². The Morgan fingerprint density at radius 3 is 2.58 bits per heavy atom. The Kier molecular flexibility index (Phi) is 6.84. The molecule has 7 nitrogen and oxygen atoms in total. The van der Waals surface area contributed by atoms with Crippen molar-refractivity contribution in [2.45, 2.75) is 25.6 Å².